The second kappa shape index (κ2) is 7.66. The lowest BCUT2D eigenvalue weighted by Gasteiger charge is -2.20. The zero-order valence-corrected chi connectivity index (χ0v) is 15.1. The fourth-order valence-electron chi connectivity index (χ4n) is 3.28. The van der Waals surface area contributed by atoms with Crippen molar-refractivity contribution < 1.29 is 9.32 Å². The Labute approximate surface area is 151 Å². The van der Waals surface area contributed by atoms with Gasteiger partial charge in [0, 0.05) is 30.4 Å². The number of thiophene rings is 1. The Kier molecular flexibility index (Phi) is 5.12. The van der Waals surface area contributed by atoms with Gasteiger partial charge < -0.3 is 14.7 Å². The van der Waals surface area contributed by atoms with Crippen molar-refractivity contribution >= 4 is 17.2 Å². The zero-order valence-electron chi connectivity index (χ0n) is 14.3. The van der Waals surface area contributed by atoms with Crippen LogP contribution in [0.1, 0.15) is 48.7 Å². The quantitative estimate of drug-likeness (QED) is 0.822. The number of carbonyl (C=O) groups excluding carboxylic acids is 1. The highest BCUT2D eigenvalue weighted by molar-refractivity contribution is 7.09. The van der Waals surface area contributed by atoms with E-state index >= 15 is 0 Å². The zero-order chi connectivity index (χ0) is 17.1. The number of likely N-dealkylation sites (tertiary alicyclic amines) is 1. The highest BCUT2D eigenvalue weighted by atomic mass is 32.1. The molecular weight excluding hydrogens is 336 g/mol. The maximum atomic E-state index is 12.2. The summed E-state index contributed by atoms with van der Waals surface area (Å²) in [5.74, 6) is 2.42. The number of hydrogen-bond donors (Lipinski definition) is 1. The molecule has 2 fully saturated rings. The summed E-state index contributed by atoms with van der Waals surface area (Å²) in [6.07, 6.45) is 5.80. The summed E-state index contributed by atoms with van der Waals surface area (Å²) >= 11 is 1.69. The van der Waals surface area contributed by atoms with Gasteiger partial charge in [-0.05, 0) is 43.0 Å². The minimum Gasteiger partial charge on any atom is -0.342 e. The number of aromatic nitrogens is 2. The highest BCUT2D eigenvalue weighted by Gasteiger charge is 2.29. The molecule has 0 radical (unpaired) electrons. The van der Waals surface area contributed by atoms with Crippen LogP contribution in [0, 0.1) is 5.92 Å². The summed E-state index contributed by atoms with van der Waals surface area (Å²) < 4.78 is 5.33. The van der Waals surface area contributed by atoms with E-state index in [4.69, 9.17) is 4.52 Å². The second-order valence-corrected chi connectivity index (χ2v) is 8.08. The molecule has 2 aromatic heterocycles. The maximum Gasteiger partial charge on any atom is 0.231 e. The predicted molar refractivity (Wildman–Crippen MR) is 95.2 cm³/mol. The minimum absolute atomic E-state index is 0.314. The monoisotopic (exact) mass is 360 g/mol. The van der Waals surface area contributed by atoms with E-state index in [1.54, 1.807) is 11.3 Å². The first-order valence-electron chi connectivity index (χ1n) is 9.11. The average molecular weight is 360 g/mol. The largest absolute Gasteiger partial charge is 0.342 e. The Balaban J connectivity index is 1.25. The third-order valence-corrected chi connectivity index (χ3v) is 5.82. The molecule has 1 N–H and O–H groups in total. The van der Waals surface area contributed by atoms with Gasteiger partial charge in [-0.2, -0.15) is 4.98 Å². The van der Waals surface area contributed by atoms with Gasteiger partial charge in [0.2, 0.25) is 11.8 Å². The molecule has 25 heavy (non-hydrogen) atoms. The smallest absolute Gasteiger partial charge is 0.231 e. The molecule has 1 unspecified atom stereocenters. The Morgan fingerprint density at radius 2 is 2.24 bits per heavy atom. The maximum absolute atomic E-state index is 12.2. The van der Waals surface area contributed by atoms with Crippen molar-refractivity contribution in [2.45, 2.75) is 51.1 Å². The van der Waals surface area contributed by atoms with Gasteiger partial charge in [-0.15, -0.1) is 11.3 Å². The van der Waals surface area contributed by atoms with Gasteiger partial charge in [0.1, 0.15) is 0 Å². The first-order valence-corrected chi connectivity index (χ1v) is 9.99. The molecule has 3 heterocycles. The van der Waals surface area contributed by atoms with Gasteiger partial charge >= 0.3 is 0 Å². The van der Waals surface area contributed by atoms with Crippen molar-refractivity contribution in [2.75, 3.05) is 13.1 Å². The molecule has 134 valence electrons. The Bertz CT molecular complexity index is 696. The molecule has 6 nitrogen and oxygen atoms in total. The van der Waals surface area contributed by atoms with Crippen molar-refractivity contribution in [3.63, 3.8) is 0 Å². The van der Waals surface area contributed by atoms with Crippen LogP contribution in [-0.2, 0) is 17.8 Å². The fraction of sp³-hybridized carbons (Fsp3) is 0.611. The number of hydrogen-bond acceptors (Lipinski definition) is 6. The molecule has 0 bridgehead atoms. The van der Waals surface area contributed by atoms with Gasteiger partial charge in [0.05, 0.1) is 13.0 Å². The second-order valence-electron chi connectivity index (χ2n) is 7.05. The highest BCUT2D eigenvalue weighted by Crippen LogP contribution is 2.30. The fourth-order valence-corrected chi connectivity index (χ4v) is 3.97. The summed E-state index contributed by atoms with van der Waals surface area (Å²) in [7, 11) is 0. The number of nitrogens with zero attached hydrogens (tertiary/aromatic N) is 3. The average Bonchev–Trinajstić information content (AvgIpc) is 3.14. The van der Waals surface area contributed by atoms with Gasteiger partial charge in [0.15, 0.2) is 5.82 Å². The molecule has 1 amide bonds. The number of nitrogens with one attached hydrogen (secondary N) is 1. The van der Waals surface area contributed by atoms with Crippen LogP contribution in [0.4, 0.5) is 0 Å². The Morgan fingerprint density at radius 3 is 3.04 bits per heavy atom. The van der Waals surface area contributed by atoms with Crippen molar-refractivity contribution in [1.82, 2.24) is 20.4 Å². The normalized spacial score (nSPS) is 21.5. The SMILES string of the molecule is O=C1CCC(NCc2noc(Cc3cccs3)n2)CCN1CC1CC1. The first-order chi connectivity index (χ1) is 12.3. The first kappa shape index (κ1) is 16.7. The molecule has 7 heteroatoms. The van der Waals surface area contributed by atoms with Gasteiger partial charge in [0.25, 0.3) is 0 Å². The van der Waals surface area contributed by atoms with Crippen LogP contribution in [0.15, 0.2) is 22.0 Å². The van der Waals surface area contributed by atoms with Crippen molar-refractivity contribution in [3.8, 4) is 0 Å². The number of carbonyl (C=O) groups is 1. The van der Waals surface area contributed by atoms with Crippen molar-refractivity contribution in [1.29, 1.82) is 0 Å². The molecule has 1 saturated heterocycles. The lowest BCUT2D eigenvalue weighted by Crippen LogP contribution is -2.33. The molecule has 2 aromatic rings. The molecule has 0 aromatic carbocycles. The lowest BCUT2D eigenvalue weighted by molar-refractivity contribution is -0.130. The summed E-state index contributed by atoms with van der Waals surface area (Å²) in [5.41, 5.74) is 0. The van der Waals surface area contributed by atoms with E-state index in [-0.39, 0.29) is 0 Å². The number of amides is 1. The van der Waals surface area contributed by atoms with E-state index in [9.17, 15) is 4.79 Å². The van der Waals surface area contributed by atoms with Crippen LogP contribution >= 0.6 is 11.3 Å². The van der Waals surface area contributed by atoms with Crippen LogP contribution in [0.3, 0.4) is 0 Å². The Morgan fingerprint density at radius 1 is 1.32 bits per heavy atom. The lowest BCUT2D eigenvalue weighted by atomic mass is 10.1. The van der Waals surface area contributed by atoms with Crippen LogP contribution in [0.25, 0.3) is 0 Å². The van der Waals surface area contributed by atoms with Crippen molar-refractivity contribution in [3.05, 3.63) is 34.1 Å². The van der Waals surface area contributed by atoms with E-state index in [2.05, 4.69) is 26.4 Å². The standard InChI is InChI=1S/C18H24N4O2S/c23-18-6-5-14(7-8-22(18)12-13-3-4-13)19-11-16-20-17(24-21-16)10-15-2-1-9-25-15/h1-2,9,13-14,19H,3-8,10-12H2. The number of rotatable bonds is 7. The molecule has 1 atom stereocenters. The van der Waals surface area contributed by atoms with Gasteiger partial charge in [-0.3, -0.25) is 4.79 Å². The third-order valence-electron chi connectivity index (χ3n) is 4.95. The van der Waals surface area contributed by atoms with E-state index in [1.165, 1.54) is 17.7 Å². The van der Waals surface area contributed by atoms with Crippen molar-refractivity contribution in [2.24, 2.45) is 5.92 Å². The molecule has 1 saturated carbocycles. The van der Waals surface area contributed by atoms with Gasteiger partial charge in [-0.1, -0.05) is 11.2 Å². The third kappa shape index (κ3) is 4.67. The molecule has 1 aliphatic carbocycles. The summed E-state index contributed by atoms with van der Waals surface area (Å²) in [6, 6.07) is 4.44. The van der Waals surface area contributed by atoms with E-state index in [0.29, 0.717) is 43.1 Å². The predicted octanol–water partition coefficient (Wildman–Crippen LogP) is 2.60. The van der Waals surface area contributed by atoms with E-state index < -0.39 is 0 Å². The minimum atomic E-state index is 0.314. The molecule has 0 spiro atoms. The summed E-state index contributed by atoms with van der Waals surface area (Å²) in [4.78, 5) is 20.0. The summed E-state index contributed by atoms with van der Waals surface area (Å²) in [5, 5.41) is 9.61. The van der Waals surface area contributed by atoms with E-state index in [1.807, 2.05) is 11.4 Å². The van der Waals surface area contributed by atoms with Crippen LogP contribution in [-0.4, -0.2) is 40.1 Å². The molecule has 1 aliphatic heterocycles. The Hall–Kier alpha value is -1.73. The molecule has 4 rings (SSSR count). The molecular formula is C18H24N4O2S. The van der Waals surface area contributed by atoms with E-state index in [0.717, 1.165) is 31.8 Å². The molecule has 2 aliphatic rings. The van der Waals surface area contributed by atoms with Gasteiger partial charge in [-0.25, -0.2) is 0 Å². The van der Waals surface area contributed by atoms with Crippen LogP contribution < -0.4 is 5.32 Å². The van der Waals surface area contributed by atoms with Crippen LogP contribution in [0.2, 0.25) is 0 Å². The summed E-state index contributed by atoms with van der Waals surface area (Å²) in [6.45, 7) is 2.42. The topological polar surface area (TPSA) is 71.3 Å². The van der Waals surface area contributed by atoms with Crippen LogP contribution in [0.5, 0.6) is 0 Å².